The Morgan fingerprint density at radius 3 is 1.62 bits per heavy atom. The van der Waals surface area contributed by atoms with Crippen molar-refractivity contribution < 1.29 is 0 Å². The smallest absolute Gasteiger partial charge is 0.104 e. The lowest BCUT2D eigenvalue weighted by atomic mass is 9.23. The fourth-order valence-electron chi connectivity index (χ4n) is 9.03. The van der Waals surface area contributed by atoms with Crippen LogP contribution in [-0.4, -0.2) is 6.71 Å². The minimum Gasteiger partial charge on any atom is -0.104 e. The van der Waals surface area contributed by atoms with Crippen molar-refractivity contribution in [3.63, 3.8) is 0 Å². The monoisotopic (exact) mass is 326 g/mol. The van der Waals surface area contributed by atoms with E-state index in [9.17, 15) is 0 Å². The summed E-state index contributed by atoms with van der Waals surface area (Å²) >= 11 is 0. The van der Waals surface area contributed by atoms with Crippen LogP contribution in [0.4, 0.5) is 0 Å². The highest BCUT2D eigenvalue weighted by atomic mass is 14.8. The van der Waals surface area contributed by atoms with E-state index >= 15 is 0 Å². The van der Waals surface area contributed by atoms with Gasteiger partial charge in [0, 0.05) is 0 Å². The summed E-state index contributed by atoms with van der Waals surface area (Å²) in [6, 6.07) is 0. The maximum atomic E-state index is 4.22. The van der Waals surface area contributed by atoms with Crippen molar-refractivity contribution in [2.75, 3.05) is 0 Å². The van der Waals surface area contributed by atoms with Crippen LogP contribution >= 0.6 is 0 Å². The number of hydrogen-bond acceptors (Lipinski definition) is 0. The standard InChI is InChI=1S/C23H39B/c1-8-13-24(22-14-16(2)9-11-18(22)20(22,4)5)23-15-17(3)10-12-19(23)21(23,6)7/h8,16-19H,1,9-15H2,2-7H3. The molecule has 134 valence electrons. The molecule has 4 aliphatic carbocycles. The van der Waals surface area contributed by atoms with Crippen LogP contribution in [0, 0.1) is 34.5 Å². The van der Waals surface area contributed by atoms with Gasteiger partial charge < -0.3 is 0 Å². The van der Waals surface area contributed by atoms with Crippen molar-refractivity contribution in [3.05, 3.63) is 12.7 Å². The third-order valence-corrected chi connectivity index (χ3v) is 10.1. The lowest BCUT2D eigenvalue weighted by Crippen LogP contribution is -2.39. The molecular formula is C23H39B. The summed E-state index contributed by atoms with van der Waals surface area (Å²) in [7, 11) is 0. The zero-order valence-corrected chi connectivity index (χ0v) is 17.1. The minimum absolute atomic E-state index is 0.560. The molecule has 0 spiro atoms. The predicted molar refractivity (Wildman–Crippen MR) is 107 cm³/mol. The van der Waals surface area contributed by atoms with E-state index in [-0.39, 0.29) is 0 Å². The summed E-state index contributed by atoms with van der Waals surface area (Å²) in [4.78, 5) is 0. The summed E-state index contributed by atoms with van der Waals surface area (Å²) in [5, 5.41) is 1.23. The van der Waals surface area contributed by atoms with Gasteiger partial charge in [-0.2, -0.15) is 0 Å². The molecular weight excluding hydrogens is 287 g/mol. The first-order chi connectivity index (χ1) is 11.2. The van der Waals surface area contributed by atoms with E-state index in [2.05, 4.69) is 54.2 Å². The molecule has 0 amide bonds. The van der Waals surface area contributed by atoms with Crippen LogP contribution in [0.3, 0.4) is 0 Å². The van der Waals surface area contributed by atoms with Crippen molar-refractivity contribution >= 4 is 6.71 Å². The molecule has 0 heterocycles. The van der Waals surface area contributed by atoms with Crippen molar-refractivity contribution in [1.82, 2.24) is 0 Å². The summed E-state index contributed by atoms with van der Waals surface area (Å²) in [6.07, 6.45) is 12.4. The van der Waals surface area contributed by atoms with E-state index < -0.39 is 0 Å². The summed E-state index contributed by atoms with van der Waals surface area (Å²) in [6.45, 7) is 20.6. The molecule has 0 nitrogen and oxygen atoms in total. The second-order valence-corrected chi connectivity index (χ2v) is 11.5. The minimum atomic E-state index is 0.560. The Kier molecular flexibility index (Phi) is 3.55. The van der Waals surface area contributed by atoms with E-state index in [0.29, 0.717) is 21.5 Å². The second-order valence-electron chi connectivity index (χ2n) is 11.5. The molecule has 0 bridgehead atoms. The number of hydrogen-bond donors (Lipinski definition) is 0. The number of allylic oxidation sites excluding steroid dienone is 1. The normalized spacial score (nSPS) is 50.4. The number of fused-ring (bicyclic) bond motifs is 2. The fraction of sp³-hybridized carbons (Fsp3) is 0.913. The van der Waals surface area contributed by atoms with E-state index in [1.165, 1.54) is 44.8 Å². The molecule has 0 aliphatic heterocycles. The van der Waals surface area contributed by atoms with Gasteiger partial charge in [0.25, 0.3) is 0 Å². The number of rotatable bonds is 4. The van der Waals surface area contributed by atoms with Crippen LogP contribution in [0.2, 0.25) is 16.9 Å². The van der Waals surface area contributed by atoms with Gasteiger partial charge in [0.05, 0.1) is 0 Å². The van der Waals surface area contributed by atoms with Gasteiger partial charge in [0.1, 0.15) is 0 Å². The molecule has 24 heavy (non-hydrogen) atoms. The van der Waals surface area contributed by atoms with Crippen LogP contribution in [0.15, 0.2) is 12.7 Å². The zero-order valence-electron chi connectivity index (χ0n) is 17.1. The van der Waals surface area contributed by atoms with Crippen molar-refractivity contribution in [2.24, 2.45) is 34.5 Å². The highest BCUT2D eigenvalue weighted by Gasteiger charge is 2.84. The van der Waals surface area contributed by atoms with E-state index in [1.54, 1.807) is 0 Å². The fourth-order valence-corrected chi connectivity index (χ4v) is 9.03. The van der Waals surface area contributed by atoms with Gasteiger partial charge in [-0.25, -0.2) is 0 Å². The summed E-state index contributed by atoms with van der Waals surface area (Å²) in [5.41, 5.74) is 1.12. The van der Waals surface area contributed by atoms with Crippen molar-refractivity contribution in [1.29, 1.82) is 0 Å². The zero-order chi connectivity index (χ0) is 17.5. The Morgan fingerprint density at radius 1 is 0.833 bits per heavy atom. The Balaban J connectivity index is 1.77. The lowest BCUT2D eigenvalue weighted by molar-refractivity contribution is 0.343. The average Bonchev–Trinajstić information content (AvgIpc) is 3.20. The molecule has 1 heteroatoms. The molecule has 0 radical (unpaired) electrons. The molecule has 4 fully saturated rings. The maximum absolute atomic E-state index is 4.22. The predicted octanol–water partition coefficient (Wildman–Crippen LogP) is 7.10. The van der Waals surface area contributed by atoms with Crippen LogP contribution in [0.1, 0.15) is 80.1 Å². The molecule has 0 aromatic carbocycles. The Hall–Kier alpha value is -0.195. The van der Waals surface area contributed by atoms with Gasteiger partial charge in [0.2, 0.25) is 0 Å². The van der Waals surface area contributed by atoms with E-state index in [1.807, 2.05) is 0 Å². The van der Waals surface area contributed by atoms with Gasteiger partial charge in [-0.05, 0) is 58.0 Å². The van der Waals surface area contributed by atoms with Crippen molar-refractivity contribution in [2.45, 2.75) is 97.0 Å². The van der Waals surface area contributed by atoms with E-state index in [4.69, 9.17) is 0 Å². The quantitative estimate of drug-likeness (QED) is 0.382. The topological polar surface area (TPSA) is 0 Å². The van der Waals surface area contributed by atoms with Crippen LogP contribution in [-0.2, 0) is 0 Å². The molecule has 0 saturated heterocycles. The van der Waals surface area contributed by atoms with Gasteiger partial charge in [-0.3, -0.25) is 0 Å². The van der Waals surface area contributed by atoms with Crippen LogP contribution < -0.4 is 0 Å². The van der Waals surface area contributed by atoms with Crippen LogP contribution in [0.5, 0.6) is 0 Å². The third kappa shape index (κ3) is 1.78. The SMILES string of the molecule is C=CCB(C12CC(C)CCC1C2(C)C)C12CC(C)CCC1C2(C)C. The Labute approximate surface area is 151 Å². The van der Waals surface area contributed by atoms with Gasteiger partial charge in [-0.15, -0.1) is 6.58 Å². The molecule has 4 rings (SSSR count). The molecule has 4 aliphatic rings. The molecule has 0 aromatic heterocycles. The van der Waals surface area contributed by atoms with Crippen LogP contribution in [0.25, 0.3) is 0 Å². The highest BCUT2D eigenvalue weighted by Crippen LogP contribution is 2.92. The summed E-state index contributed by atoms with van der Waals surface area (Å²) in [5.74, 6) is 3.81. The first-order valence-corrected chi connectivity index (χ1v) is 10.8. The third-order valence-electron chi connectivity index (χ3n) is 10.1. The first kappa shape index (κ1) is 17.2. The second kappa shape index (κ2) is 4.95. The Bertz CT molecular complexity index is 502. The van der Waals surface area contributed by atoms with Gasteiger partial charge in [-0.1, -0.05) is 79.6 Å². The maximum Gasteiger partial charge on any atom is 0.159 e. The first-order valence-electron chi connectivity index (χ1n) is 10.8. The van der Waals surface area contributed by atoms with Crippen molar-refractivity contribution in [3.8, 4) is 0 Å². The summed E-state index contributed by atoms with van der Waals surface area (Å²) < 4.78 is 0. The molecule has 4 saturated carbocycles. The largest absolute Gasteiger partial charge is 0.159 e. The molecule has 0 N–H and O–H groups in total. The molecule has 6 atom stereocenters. The van der Waals surface area contributed by atoms with E-state index in [0.717, 1.165) is 30.4 Å². The lowest BCUT2D eigenvalue weighted by Gasteiger charge is -2.42. The van der Waals surface area contributed by atoms with Gasteiger partial charge in [0.15, 0.2) is 6.71 Å². The average molecular weight is 326 g/mol. The highest BCUT2D eigenvalue weighted by molar-refractivity contribution is 6.69. The van der Waals surface area contributed by atoms with Gasteiger partial charge >= 0.3 is 0 Å². The Morgan fingerprint density at radius 2 is 1.25 bits per heavy atom. The molecule has 0 aromatic rings. The molecule has 6 unspecified atom stereocenters.